The van der Waals surface area contributed by atoms with Gasteiger partial charge in [-0.25, -0.2) is 9.67 Å². The Labute approximate surface area is 250 Å². The third-order valence-corrected chi connectivity index (χ3v) is 9.32. The molecular weight excluding hydrogens is 610 g/mol. The van der Waals surface area contributed by atoms with Gasteiger partial charge in [0.05, 0.1) is 12.7 Å². The Hall–Kier alpha value is -3.71. The highest BCUT2D eigenvalue weighted by Crippen LogP contribution is 2.65. The predicted molar refractivity (Wildman–Crippen MR) is 154 cm³/mol. The van der Waals surface area contributed by atoms with E-state index in [1.54, 1.807) is 19.2 Å². The number of halogens is 6. The van der Waals surface area contributed by atoms with E-state index in [2.05, 4.69) is 15.3 Å². The maximum absolute atomic E-state index is 15.3. The summed E-state index contributed by atoms with van der Waals surface area (Å²) in [6.45, 7) is 6.53. The van der Waals surface area contributed by atoms with Gasteiger partial charge in [0.25, 0.3) is 0 Å². The molecule has 224 valence electrons. The zero-order valence-corrected chi connectivity index (χ0v) is 24.9. The molecule has 0 radical (unpaired) electrons. The Morgan fingerprint density at radius 1 is 0.837 bits per heavy atom. The summed E-state index contributed by atoms with van der Waals surface area (Å²) in [7, 11) is 0. The van der Waals surface area contributed by atoms with Gasteiger partial charge < -0.3 is 4.74 Å². The first-order chi connectivity index (χ1) is 20.2. The van der Waals surface area contributed by atoms with Gasteiger partial charge in [0, 0.05) is 41.7 Å². The lowest BCUT2D eigenvalue weighted by Crippen LogP contribution is -2.48. The fourth-order valence-corrected chi connectivity index (χ4v) is 7.28. The van der Waals surface area contributed by atoms with Gasteiger partial charge in [-0.1, -0.05) is 23.4 Å². The summed E-state index contributed by atoms with van der Waals surface area (Å²) in [5.74, 6) is -15.2. The highest BCUT2D eigenvalue weighted by molar-refractivity contribution is 7.12. The molecule has 13 heteroatoms. The third kappa shape index (κ3) is 4.73. The summed E-state index contributed by atoms with van der Waals surface area (Å²) in [4.78, 5) is 6.02. The van der Waals surface area contributed by atoms with E-state index in [-0.39, 0.29) is 34.0 Å². The quantitative estimate of drug-likeness (QED) is 0.168. The minimum Gasteiger partial charge on any atom is -0.485 e. The predicted octanol–water partition coefficient (Wildman–Crippen LogP) is 8.64. The van der Waals surface area contributed by atoms with Crippen LogP contribution in [0.3, 0.4) is 0 Å². The van der Waals surface area contributed by atoms with Crippen LogP contribution in [0.1, 0.15) is 42.0 Å². The number of nitrogens with zero attached hydrogens (tertiary/aromatic N) is 4. The molecule has 0 spiro atoms. The van der Waals surface area contributed by atoms with Crippen molar-refractivity contribution in [3.05, 3.63) is 90.7 Å². The van der Waals surface area contributed by atoms with E-state index in [0.29, 0.717) is 26.7 Å². The van der Waals surface area contributed by atoms with E-state index < -0.39 is 28.9 Å². The molecule has 0 atom stereocenters. The maximum Gasteiger partial charge on any atom is 0.380 e. The van der Waals surface area contributed by atoms with Crippen LogP contribution in [0.5, 0.6) is 5.75 Å². The number of ether oxygens (including phenoxy) is 1. The Kier molecular flexibility index (Phi) is 6.96. The minimum absolute atomic E-state index is 0.0606. The second kappa shape index (κ2) is 10.2. The molecule has 0 saturated heterocycles. The Balaban J connectivity index is 1.29. The second-order valence-corrected chi connectivity index (χ2v) is 13.3. The molecule has 43 heavy (non-hydrogen) atoms. The Bertz CT molecular complexity index is 1910. The number of para-hydroxylation sites is 1. The largest absolute Gasteiger partial charge is 0.485 e. The molecule has 1 aromatic carbocycles. The number of pyridine rings is 1. The van der Waals surface area contributed by atoms with Gasteiger partial charge in [0.1, 0.15) is 23.6 Å². The van der Waals surface area contributed by atoms with Crippen molar-refractivity contribution in [3.8, 4) is 5.75 Å². The highest BCUT2D eigenvalue weighted by Gasteiger charge is 2.80. The van der Waals surface area contributed by atoms with Crippen LogP contribution in [0.2, 0.25) is 0 Å². The molecule has 1 aliphatic carbocycles. The number of aromatic nitrogens is 4. The number of allylic oxidation sites excluding steroid dienone is 2. The van der Waals surface area contributed by atoms with Gasteiger partial charge in [0.2, 0.25) is 0 Å². The Morgan fingerprint density at radius 2 is 1.51 bits per heavy atom. The van der Waals surface area contributed by atoms with Crippen molar-refractivity contribution in [2.24, 2.45) is 0 Å². The topological polar surface area (TPSA) is 52.8 Å². The zero-order chi connectivity index (χ0) is 30.9. The SMILES string of the molecule is Cc1ccc2cccc(OCc3cn(Cc4cc(C5=C(c6cc(C)sc6C)C(F)(F)C(F)(F)C5(F)F)c(C)s4)nn3)c2n1. The maximum atomic E-state index is 15.3. The first kappa shape index (κ1) is 29.4. The molecule has 0 bridgehead atoms. The summed E-state index contributed by atoms with van der Waals surface area (Å²) >= 11 is 2.13. The fourth-order valence-electron chi connectivity index (χ4n) is 5.31. The first-order valence-electron chi connectivity index (χ1n) is 13.1. The Morgan fingerprint density at radius 3 is 2.19 bits per heavy atom. The number of fused-ring (bicyclic) bond motifs is 1. The average molecular weight is 635 g/mol. The van der Waals surface area contributed by atoms with Gasteiger partial charge in [-0.05, 0) is 63.1 Å². The van der Waals surface area contributed by atoms with E-state index in [0.717, 1.165) is 33.8 Å². The van der Waals surface area contributed by atoms with Gasteiger partial charge in [0.15, 0.2) is 0 Å². The van der Waals surface area contributed by atoms with E-state index >= 15 is 17.6 Å². The van der Waals surface area contributed by atoms with E-state index in [9.17, 15) is 8.78 Å². The van der Waals surface area contributed by atoms with Crippen molar-refractivity contribution in [1.82, 2.24) is 20.0 Å². The minimum atomic E-state index is -5.60. The van der Waals surface area contributed by atoms with Crippen molar-refractivity contribution >= 4 is 44.7 Å². The van der Waals surface area contributed by atoms with Crippen LogP contribution in [-0.4, -0.2) is 37.7 Å². The number of thiophene rings is 2. The van der Waals surface area contributed by atoms with Gasteiger partial charge in [-0.2, -0.15) is 26.3 Å². The molecule has 0 aliphatic heterocycles. The number of rotatable bonds is 7. The molecule has 0 unspecified atom stereocenters. The molecule has 6 rings (SSSR count). The van der Waals surface area contributed by atoms with Crippen LogP contribution in [0.25, 0.3) is 22.0 Å². The van der Waals surface area contributed by atoms with Crippen LogP contribution in [0, 0.1) is 27.7 Å². The summed E-state index contributed by atoms with van der Waals surface area (Å²) in [6.07, 6.45) is 1.60. The number of alkyl halides is 6. The smallest absolute Gasteiger partial charge is 0.380 e. The lowest BCUT2D eigenvalue weighted by molar-refractivity contribution is -0.254. The highest BCUT2D eigenvalue weighted by atomic mass is 32.1. The molecule has 0 N–H and O–H groups in total. The number of hydrogen-bond donors (Lipinski definition) is 0. The molecule has 0 saturated carbocycles. The first-order valence-corrected chi connectivity index (χ1v) is 14.8. The molecule has 0 amide bonds. The molecule has 1 aliphatic rings. The van der Waals surface area contributed by atoms with Crippen molar-refractivity contribution < 1.29 is 31.1 Å². The zero-order valence-electron chi connectivity index (χ0n) is 23.3. The number of benzene rings is 1. The van der Waals surface area contributed by atoms with Crippen molar-refractivity contribution in [2.45, 2.75) is 58.6 Å². The summed E-state index contributed by atoms with van der Waals surface area (Å²) in [5.41, 5.74) is -1.26. The van der Waals surface area contributed by atoms with E-state index in [1.165, 1.54) is 30.7 Å². The van der Waals surface area contributed by atoms with Crippen molar-refractivity contribution in [2.75, 3.05) is 0 Å². The molecule has 5 aromatic rings. The van der Waals surface area contributed by atoms with Gasteiger partial charge in [-0.3, -0.25) is 0 Å². The second-order valence-electron chi connectivity index (χ2n) is 10.5. The monoisotopic (exact) mass is 634 g/mol. The normalized spacial score (nSPS) is 17.3. The summed E-state index contributed by atoms with van der Waals surface area (Å²) in [5, 5.41) is 9.09. The van der Waals surface area contributed by atoms with Crippen LogP contribution >= 0.6 is 22.7 Å². The van der Waals surface area contributed by atoms with Crippen LogP contribution < -0.4 is 4.74 Å². The van der Waals surface area contributed by atoms with Crippen molar-refractivity contribution in [3.63, 3.8) is 0 Å². The molecule has 4 aromatic heterocycles. The average Bonchev–Trinajstić information content (AvgIpc) is 3.64. The molecule has 5 nitrogen and oxygen atoms in total. The summed E-state index contributed by atoms with van der Waals surface area (Å²) in [6, 6.07) is 11.9. The number of hydrogen-bond acceptors (Lipinski definition) is 6. The van der Waals surface area contributed by atoms with Gasteiger partial charge >= 0.3 is 17.8 Å². The van der Waals surface area contributed by atoms with E-state index in [4.69, 9.17) is 4.74 Å². The molecule has 4 heterocycles. The summed E-state index contributed by atoms with van der Waals surface area (Å²) < 4.78 is 97.7. The lowest BCUT2D eigenvalue weighted by Gasteiger charge is -2.25. The van der Waals surface area contributed by atoms with Crippen LogP contribution in [0.4, 0.5) is 26.3 Å². The van der Waals surface area contributed by atoms with Crippen molar-refractivity contribution in [1.29, 1.82) is 0 Å². The standard InChI is InChI=1S/C30H24F6N4OS2/c1-15-8-9-19-6-5-7-24(27(19)37-15)41-14-20-12-40(39-38-20)13-21-11-23(18(4)43-21)26-25(22-10-16(2)42-17(22)3)28(31,32)30(35,36)29(26,33)34/h5-12H,13-14H2,1-4H3. The van der Waals surface area contributed by atoms with E-state index in [1.807, 2.05) is 31.2 Å². The number of aryl methyl sites for hydroxylation is 4. The molecule has 0 fully saturated rings. The van der Waals surface area contributed by atoms with Gasteiger partial charge in [-0.15, -0.1) is 27.8 Å². The third-order valence-electron chi connectivity index (χ3n) is 7.32. The van der Waals surface area contributed by atoms with Crippen LogP contribution in [-0.2, 0) is 13.2 Å². The lowest BCUT2D eigenvalue weighted by atomic mass is 9.95. The van der Waals surface area contributed by atoms with Crippen LogP contribution in [0.15, 0.2) is 48.7 Å². The fraction of sp³-hybridized carbons (Fsp3) is 0.300. The molecular formula is C30H24F6N4OS2.